The van der Waals surface area contributed by atoms with E-state index in [2.05, 4.69) is 15.9 Å². The SMILES string of the molecule is Cc1c2c(cc(Br)c1C(C)CC=O)OCCCO2. The molecule has 1 aromatic rings. The molecule has 0 aliphatic carbocycles. The lowest BCUT2D eigenvalue weighted by Crippen LogP contribution is -2.03. The number of rotatable bonds is 3. The summed E-state index contributed by atoms with van der Waals surface area (Å²) < 4.78 is 12.4. The van der Waals surface area contributed by atoms with Gasteiger partial charge < -0.3 is 14.3 Å². The fourth-order valence-electron chi connectivity index (χ4n) is 2.31. The van der Waals surface area contributed by atoms with E-state index in [1.165, 1.54) is 0 Å². The second-order valence-electron chi connectivity index (χ2n) is 4.58. The largest absolute Gasteiger partial charge is 0.490 e. The highest BCUT2D eigenvalue weighted by molar-refractivity contribution is 9.10. The number of halogens is 1. The van der Waals surface area contributed by atoms with Gasteiger partial charge in [-0.1, -0.05) is 22.9 Å². The van der Waals surface area contributed by atoms with Gasteiger partial charge in [-0.2, -0.15) is 0 Å². The van der Waals surface area contributed by atoms with Gasteiger partial charge in [0.1, 0.15) is 6.29 Å². The van der Waals surface area contributed by atoms with Gasteiger partial charge in [-0.3, -0.25) is 0 Å². The number of hydrogen-bond acceptors (Lipinski definition) is 3. The summed E-state index contributed by atoms with van der Waals surface area (Å²) in [7, 11) is 0. The molecule has 1 heterocycles. The van der Waals surface area contributed by atoms with Crippen molar-refractivity contribution in [2.45, 2.75) is 32.6 Å². The second-order valence-corrected chi connectivity index (χ2v) is 5.43. The van der Waals surface area contributed by atoms with Gasteiger partial charge in [0, 0.05) is 17.3 Å². The molecular formula is C14H17BrO3. The summed E-state index contributed by atoms with van der Waals surface area (Å²) in [6, 6.07) is 1.95. The zero-order valence-electron chi connectivity index (χ0n) is 10.7. The third-order valence-electron chi connectivity index (χ3n) is 3.22. The van der Waals surface area contributed by atoms with Crippen molar-refractivity contribution < 1.29 is 14.3 Å². The molecule has 0 saturated carbocycles. The van der Waals surface area contributed by atoms with E-state index in [1.54, 1.807) is 0 Å². The topological polar surface area (TPSA) is 35.5 Å². The molecule has 1 atom stereocenters. The van der Waals surface area contributed by atoms with Crippen molar-refractivity contribution in [3.8, 4) is 11.5 Å². The molecule has 4 heteroatoms. The Balaban J connectivity index is 2.48. The predicted octanol–water partition coefficient (Wildman–Crippen LogP) is 3.61. The van der Waals surface area contributed by atoms with E-state index in [9.17, 15) is 4.79 Å². The summed E-state index contributed by atoms with van der Waals surface area (Å²) in [4.78, 5) is 10.7. The normalized spacial score (nSPS) is 15.9. The molecule has 0 radical (unpaired) electrons. The third kappa shape index (κ3) is 2.53. The predicted molar refractivity (Wildman–Crippen MR) is 73.6 cm³/mol. The van der Waals surface area contributed by atoms with Gasteiger partial charge in [-0.05, 0) is 30.0 Å². The molecule has 3 nitrogen and oxygen atoms in total. The summed E-state index contributed by atoms with van der Waals surface area (Å²) >= 11 is 3.57. The van der Waals surface area contributed by atoms with Crippen molar-refractivity contribution in [2.24, 2.45) is 0 Å². The van der Waals surface area contributed by atoms with Crippen LogP contribution >= 0.6 is 15.9 Å². The number of benzene rings is 1. The number of aldehydes is 1. The van der Waals surface area contributed by atoms with Gasteiger partial charge in [0.2, 0.25) is 0 Å². The van der Waals surface area contributed by atoms with Crippen molar-refractivity contribution in [3.63, 3.8) is 0 Å². The average Bonchev–Trinajstić information content (AvgIpc) is 2.54. The fourth-order valence-corrected chi connectivity index (χ4v) is 3.21. The van der Waals surface area contributed by atoms with Crippen LogP contribution in [0.5, 0.6) is 11.5 Å². The molecule has 0 fully saturated rings. The first-order chi connectivity index (χ1) is 8.65. The van der Waals surface area contributed by atoms with Crippen LogP contribution in [0.1, 0.15) is 36.8 Å². The first-order valence-corrected chi connectivity index (χ1v) is 6.96. The number of carbonyl (C=O) groups excluding carboxylic acids is 1. The first kappa shape index (κ1) is 13.4. The Bertz CT molecular complexity index is 457. The van der Waals surface area contributed by atoms with Crippen LogP contribution in [-0.4, -0.2) is 19.5 Å². The zero-order chi connectivity index (χ0) is 13.1. The molecular weight excluding hydrogens is 296 g/mol. The lowest BCUT2D eigenvalue weighted by Gasteiger charge is -2.19. The molecule has 0 bridgehead atoms. The van der Waals surface area contributed by atoms with Gasteiger partial charge in [0.15, 0.2) is 11.5 Å². The van der Waals surface area contributed by atoms with Crippen molar-refractivity contribution in [1.29, 1.82) is 0 Å². The quantitative estimate of drug-likeness (QED) is 0.800. The monoisotopic (exact) mass is 312 g/mol. The summed E-state index contributed by atoms with van der Waals surface area (Å²) in [5.41, 5.74) is 2.20. The van der Waals surface area contributed by atoms with E-state index in [4.69, 9.17) is 9.47 Å². The van der Waals surface area contributed by atoms with E-state index >= 15 is 0 Å². The van der Waals surface area contributed by atoms with E-state index < -0.39 is 0 Å². The van der Waals surface area contributed by atoms with E-state index in [0.29, 0.717) is 19.6 Å². The van der Waals surface area contributed by atoms with Gasteiger partial charge in [0.05, 0.1) is 13.2 Å². The van der Waals surface area contributed by atoms with Crippen molar-refractivity contribution in [3.05, 3.63) is 21.7 Å². The Hall–Kier alpha value is -1.03. The molecule has 0 amide bonds. The summed E-state index contributed by atoms with van der Waals surface area (Å²) in [5.74, 6) is 1.79. The molecule has 0 spiro atoms. The second kappa shape index (κ2) is 5.74. The average molecular weight is 313 g/mol. The summed E-state index contributed by atoms with van der Waals surface area (Å²) in [5, 5.41) is 0. The standard InChI is InChI=1S/C14H17BrO3/c1-9(4-5-16)13-10(2)14-12(8-11(13)15)17-6-3-7-18-14/h5,8-9H,3-4,6-7H2,1-2H3. The van der Waals surface area contributed by atoms with Crippen LogP contribution in [0.4, 0.5) is 0 Å². The number of fused-ring (bicyclic) bond motifs is 1. The van der Waals surface area contributed by atoms with E-state index in [1.807, 2.05) is 19.9 Å². The van der Waals surface area contributed by atoms with Crippen LogP contribution in [0, 0.1) is 6.92 Å². The maximum absolute atomic E-state index is 10.7. The Morgan fingerprint density at radius 2 is 2.17 bits per heavy atom. The number of carbonyl (C=O) groups is 1. The Morgan fingerprint density at radius 3 is 2.89 bits per heavy atom. The van der Waals surface area contributed by atoms with Crippen LogP contribution in [0.25, 0.3) is 0 Å². The maximum atomic E-state index is 10.7. The molecule has 2 rings (SSSR count). The summed E-state index contributed by atoms with van der Waals surface area (Å²) in [6.07, 6.45) is 2.36. The Morgan fingerprint density at radius 1 is 1.44 bits per heavy atom. The van der Waals surface area contributed by atoms with Gasteiger partial charge >= 0.3 is 0 Å². The van der Waals surface area contributed by atoms with Gasteiger partial charge in [-0.25, -0.2) is 0 Å². The fraction of sp³-hybridized carbons (Fsp3) is 0.500. The van der Waals surface area contributed by atoms with Crippen LogP contribution in [0.15, 0.2) is 10.5 Å². The van der Waals surface area contributed by atoms with Crippen LogP contribution in [0.2, 0.25) is 0 Å². The molecule has 0 N–H and O–H groups in total. The molecule has 1 unspecified atom stereocenters. The molecule has 18 heavy (non-hydrogen) atoms. The van der Waals surface area contributed by atoms with Crippen LogP contribution < -0.4 is 9.47 Å². The van der Waals surface area contributed by atoms with Crippen molar-refractivity contribution in [1.82, 2.24) is 0 Å². The highest BCUT2D eigenvalue weighted by Crippen LogP contribution is 2.42. The van der Waals surface area contributed by atoms with Gasteiger partial charge in [0.25, 0.3) is 0 Å². The third-order valence-corrected chi connectivity index (χ3v) is 3.87. The molecule has 1 aliphatic rings. The number of ether oxygens (including phenoxy) is 2. The first-order valence-electron chi connectivity index (χ1n) is 6.17. The molecule has 0 aromatic heterocycles. The lowest BCUT2D eigenvalue weighted by atomic mass is 9.93. The molecule has 1 aromatic carbocycles. The molecule has 98 valence electrons. The highest BCUT2D eigenvalue weighted by Gasteiger charge is 2.21. The number of hydrogen-bond donors (Lipinski definition) is 0. The van der Waals surface area contributed by atoms with Crippen LogP contribution in [-0.2, 0) is 4.79 Å². The Labute approximate surface area is 116 Å². The van der Waals surface area contributed by atoms with Crippen LogP contribution in [0.3, 0.4) is 0 Å². The minimum absolute atomic E-state index is 0.175. The lowest BCUT2D eigenvalue weighted by molar-refractivity contribution is -0.108. The smallest absolute Gasteiger partial charge is 0.164 e. The minimum atomic E-state index is 0.175. The van der Waals surface area contributed by atoms with E-state index in [-0.39, 0.29) is 5.92 Å². The van der Waals surface area contributed by atoms with Gasteiger partial charge in [-0.15, -0.1) is 0 Å². The molecule has 0 saturated heterocycles. The Kier molecular flexibility index (Phi) is 4.27. The minimum Gasteiger partial charge on any atom is -0.490 e. The molecule has 1 aliphatic heterocycles. The van der Waals surface area contributed by atoms with Crippen molar-refractivity contribution in [2.75, 3.05) is 13.2 Å². The highest BCUT2D eigenvalue weighted by atomic mass is 79.9. The maximum Gasteiger partial charge on any atom is 0.164 e. The summed E-state index contributed by atoms with van der Waals surface area (Å²) in [6.45, 7) is 5.43. The van der Waals surface area contributed by atoms with E-state index in [0.717, 1.165) is 39.8 Å². The zero-order valence-corrected chi connectivity index (χ0v) is 12.2. The van der Waals surface area contributed by atoms with Crippen molar-refractivity contribution >= 4 is 22.2 Å².